The summed E-state index contributed by atoms with van der Waals surface area (Å²) in [6.07, 6.45) is 0. The van der Waals surface area contributed by atoms with Gasteiger partial charge in [0.05, 0.1) is 11.6 Å². The third-order valence-corrected chi connectivity index (χ3v) is 5.75. The molecule has 0 aliphatic carbocycles. The summed E-state index contributed by atoms with van der Waals surface area (Å²) in [5, 5.41) is 14.9. The highest BCUT2D eigenvalue weighted by molar-refractivity contribution is 9.10. The molecule has 0 radical (unpaired) electrons. The van der Waals surface area contributed by atoms with E-state index in [-0.39, 0.29) is 5.91 Å². The van der Waals surface area contributed by atoms with Gasteiger partial charge < -0.3 is 10.6 Å². The van der Waals surface area contributed by atoms with Crippen molar-refractivity contribution in [3.8, 4) is 0 Å². The van der Waals surface area contributed by atoms with E-state index in [0.29, 0.717) is 33.2 Å². The lowest BCUT2D eigenvalue weighted by Gasteiger charge is -2.18. The molecule has 1 amide bonds. The number of nitrogens with one attached hydrogen (secondary N) is 3. The number of aromatic amines is 1. The van der Waals surface area contributed by atoms with Crippen molar-refractivity contribution in [3.05, 3.63) is 86.6 Å². The van der Waals surface area contributed by atoms with Crippen LogP contribution in [0.3, 0.4) is 0 Å². The first-order chi connectivity index (χ1) is 14.0. The first kappa shape index (κ1) is 18.1. The molecule has 0 saturated heterocycles. The molecule has 5 nitrogen and oxygen atoms in total. The van der Waals surface area contributed by atoms with Crippen molar-refractivity contribution in [1.82, 2.24) is 15.5 Å². The molecule has 3 N–H and O–H groups in total. The maximum absolute atomic E-state index is 13.9. The molecule has 0 fully saturated rings. The summed E-state index contributed by atoms with van der Waals surface area (Å²) in [6.45, 7) is 0. The van der Waals surface area contributed by atoms with Crippen molar-refractivity contribution in [2.45, 2.75) is 6.04 Å². The second-order valence-electron chi connectivity index (χ2n) is 6.73. The number of nitrogens with zero attached hydrogens (tertiary/aromatic N) is 1. The normalized spacial score (nSPS) is 15.4. The van der Waals surface area contributed by atoms with Gasteiger partial charge in [0, 0.05) is 37.3 Å². The van der Waals surface area contributed by atoms with Crippen LogP contribution in [0.25, 0.3) is 10.9 Å². The van der Waals surface area contributed by atoms with E-state index >= 15 is 0 Å². The van der Waals surface area contributed by atoms with E-state index in [2.05, 4.69) is 36.8 Å². The van der Waals surface area contributed by atoms with Gasteiger partial charge in [-0.25, -0.2) is 4.39 Å². The number of aromatic nitrogens is 2. The molecule has 1 atom stereocenters. The number of H-pyrrole nitrogens is 1. The first-order valence-electron chi connectivity index (χ1n) is 8.80. The molecule has 144 valence electrons. The number of hydrogen-bond donors (Lipinski definition) is 3. The molecule has 4 aromatic rings. The standard InChI is InChI=1S/C21H13BrClFN4O/c22-10-7-14-18(19(26-21(14)29)13-9-11(24)5-6-15(13)23)17(8-10)25-20-12-3-1-2-4-16(12)27-28-20/h1-9,19H,(H,26,29)(H2,25,27,28). The van der Waals surface area contributed by atoms with Crippen molar-refractivity contribution in [1.29, 1.82) is 0 Å². The van der Waals surface area contributed by atoms with Gasteiger partial charge in [-0.1, -0.05) is 39.7 Å². The van der Waals surface area contributed by atoms with Crippen molar-refractivity contribution in [3.63, 3.8) is 0 Å². The summed E-state index contributed by atoms with van der Waals surface area (Å²) in [7, 11) is 0. The Balaban J connectivity index is 1.67. The average molecular weight is 472 g/mol. The van der Waals surface area contributed by atoms with Gasteiger partial charge in [-0.05, 0) is 42.5 Å². The van der Waals surface area contributed by atoms with Gasteiger partial charge in [-0.15, -0.1) is 0 Å². The van der Waals surface area contributed by atoms with Gasteiger partial charge in [0.1, 0.15) is 5.82 Å². The minimum atomic E-state index is -0.582. The monoisotopic (exact) mass is 470 g/mol. The predicted molar refractivity (Wildman–Crippen MR) is 114 cm³/mol. The highest BCUT2D eigenvalue weighted by atomic mass is 79.9. The second-order valence-corrected chi connectivity index (χ2v) is 8.05. The highest BCUT2D eigenvalue weighted by Gasteiger charge is 2.34. The molecule has 0 bridgehead atoms. The fraction of sp³-hybridized carbons (Fsp3) is 0.0476. The van der Waals surface area contributed by atoms with E-state index in [1.807, 2.05) is 30.3 Å². The smallest absolute Gasteiger partial charge is 0.252 e. The number of amides is 1. The molecule has 3 aromatic carbocycles. The topological polar surface area (TPSA) is 69.8 Å². The third kappa shape index (κ3) is 3.07. The minimum Gasteiger partial charge on any atom is -0.341 e. The van der Waals surface area contributed by atoms with E-state index < -0.39 is 11.9 Å². The highest BCUT2D eigenvalue weighted by Crippen LogP contribution is 2.42. The van der Waals surface area contributed by atoms with Crippen LogP contribution in [0.15, 0.2) is 59.1 Å². The maximum Gasteiger partial charge on any atom is 0.252 e. The third-order valence-electron chi connectivity index (χ3n) is 4.95. The van der Waals surface area contributed by atoms with Crippen LogP contribution in [0.2, 0.25) is 5.02 Å². The van der Waals surface area contributed by atoms with Crippen molar-refractivity contribution in [2.24, 2.45) is 0 Å². The summed E-state index contributed by atoms with van der Waals surface area (Å²) in [4.78, 5) is 12.6. The van der Waals surface area contributed by atoms with Crippen LogP contribution in [0.5, 0.6) is 0 Å². The van der Waals surface area contributed by atoms with Crippen LogP contribution in [0.1, 0.15) is 27.5 Å². The molecule has 29 heavy (non-hydrogen) atoms. The Hall–Kier alpha value is -2.90. The van der Waals surface area contributed by atoms with Gasteiger partial charge in [0.15, 0.2) is 5.82 Å². The van der Waals surface area contributed by atoms with E-state index in [4.69, 9.17) is 11.6 Å². The molecule has 0 spiro atoms. The van der Waals surface area contributed by atoms with Crippen LogP contribution < -0.4 is 10.6 Å². The predicted octanol–water partition coefficient (Wildman–Crippen LogP) is 5.69. The number of anilines is 2. The Kier molecular flexibility index (Phi) is 4.29. The Morgan fingerprint density at radius 1 is 1.14 bits per heavy atom. The quantitative estimate of drug-likeness (QED) is 0.359. The van der Waals surface area contributed by atoms with E-state index in [9.17, 15) is 9.18 Å². The average Bonchev–Trinajstić information content (AvgIpc) is 3.25. The van der Waals surface area contributed by atoms with Gasteiger partial charge in [0.25, 0.3) is 5.91 Å². The zero-order valence-electron chi connectivity index (χ0n) is 14.8. The Morgan fingerprint density at radius 2 is 1.97 bits per heavy atom. The zero-order valence-corrected chi connectivity index (χ0v) is 17.1. The van der Waals surface area contributed by atoms with Gasteiger partial charge in [0.2, 0.25) is 0 Å². The van der Waals surface area contributed by atoms with Crippen LogP contribution >= 0.6 is 27.5 Å². The largest absolute Gasteiger partial charge is 0.341 e. The zero-order chi connectivity index (χ0) is 20.1. The molecule has 1 unspecified atom stereocenters. The SMILES string of the molecule is O=C1NC(c2cc(F)ccc2Cl)c2c(Nc3n[nH]c4ccccc34)cc(Br)cc21. The lowest BCUT2D eigenvalue weighted by Crippen LogP contribution is -2.20. The molecular formula is C21H13BrClFN4O. The van der Waals surface area contributed by atoms with Crippen LogP contribution in [-0.4, -0.2) is 16.1 Å². The lowest BCUT2D eigenvalue weighted by atomic mass is 9.96. The number of carbonyl (C=O) groups is 1. The molecule has 1 aliphatic rings. The van der Waals surface area contributed by atoms with Crippen molar-refractivity contribution >= 4 is 55.8 Å². The van der Waals surface area contributed by atoms with E-state index in [1.165, 1.54) is 18.2 Å². The fourth-order valence-electron chi connectivity index (χ4n) is 3.66. The molecule has 5 rings (SSSR count). The second kappa shape index (κ2) is 6.86. The summed E-state index contributed by atoms with van der Waals surface area (Å²) in [5.74, 6) is -0.0390. The summed E-state index contributed by atoms with van der Waals surface area (Å²) >= 11 is 9.80. The molecule has 0 saturated carbocycles. The maximum atomic E-state index is 13.9. The van der Waals surface area contributed by atoms with Crippen molar-refractivity contribution < 1.29 is 9.18 Å². The minimum absolute atomic E-state index is 0.249. The Labute approximate surface area is 178 Å². The van der Waals surface area contributed by atoms with Crippen LogP contribution in [0.4, 0.5) is 15.9 Å². The Morgan fingerprint density at radius 3 is 2.83 bits per heavy atom. The molecule has 1 aliphatic heterocycles. The fourth-order valence-corrected chi connectivity index (χ4v) is 4.34. The van der Waals surface area contributed by atoms with Gasteiger partial charge in [-0.3, -0.25) is 9.89 Å². The van der Waals surface area contributed by atoms with E-state index in [1.54, 1.807) is 6.07 Å². The number of rotatable bonds is 3. The summed E-state index contributed by atoms with van der Waals surface area (Å²) in [5.41, 5.74) is 3.25. The number of fused-ring (bicyclic) bond motifs is 2. The summed E-state index contributed by atoms with van der Waals surface area (Å²) in [6, 6.07) is 14.9. The number of halogens is 3. The van der Waals surface area contributed by atoms with Crippen LogP contribution in [0, 0.1) is 5.82 Å². The van der Waals surface area contributed by atoms with E-state index in [0.717, 1.165) is 15.4 Å². The molecule has 2 heterocycles. The number of hydrogen-bond acceptors (Lipinski definition) is 3. The summed E-state index contributed by atoms with van der Waals surface area (Å²) < 4.78 is 14.6. The Bertz CT molecular complexity index is 1290. The molecule has 8 heteroatoms. The van der Waals surface area contributed by atoms with Crippen molar-refractivity contribution in [2.75, 3.05) is 5.32 Å². The number of benzene rings is 3. The molecular weight excluding hydrogens is 459 g/mol. The first-order valence-corrected chi connectivity index (χ1v) is 9.98. The number of carbonyl (C=O) groups excluding carboxylic acids is 1. The number of para-hydroxylation sites is 1. The van der Waals surface area contributed by atoms with Gasteiger partial charge in [-0.2, -0.15) is 5.10 Å². The lowest BCUT2D eigenvalue weighted by molar-refractivity contribution is 0.0960. The van der Waals surface area contributed by atoms with Crippen LogP contribution in [-0.2, 0) is 0 Å². The van der Waals surface area contributed by atoms with Gasteiger partial charge >= 0.3 is 0 Å². The molecule has 1 aromatic heterocycles.